The van der Waals surface area contributed by atoms with Gasteiger partial charge in [0, 0.05) is 0 Å². The first-order valence-corrected chi connectivity index (χ1v) is 13.4. The zero-order chi connectivity index (χ0) is 23.2. The SMILES string of the molecule is Nc1ncnc2c1ncn2[C@@H]1O[C@H](COP([O-])(=S)OP(=O)([O-])OP(=O)([O-])O)[C@@H](O)[C@H]1O. The number of ether oxygens (including phenoxy) is 1. The Bertz CT molecular complexity index is 1110. The van der Waals surface area contributed by atoms with E-state index in [0.717, 1.165) is 6.33 Å². The Morgan fingerprint density at radius 1 is 1.19 bits per heavy atom. The molecule has 0 saturated carbocycles. The molecule has 174 valence electrons. The number of aliphatic hydroxyl groups is 2. The number of imidazole rings is 1. The molecule has 1 aliphatic heterocycles. The molecule has 0 aliphatic carbocycles. The smallest absolute Gasteiger partial charge is 0.279 e. The summed E-state index contributed by atoms with van der Waals surface area (Å²) in [5, 5.41) is 20.5. The zero-order valence-corrected chi connectivity index (χ0v) is 18.3. The number of fused-ring (bicyclic) bond motifs is 1. The van der Waals surface area contributed by atoms with Gasteiger partial charge in [0.25, 0.3) is 15.6 Å². The van der Waals surface area contributed by atoms with E-state index >= 15 is 0 Å². The van der Waals surface area contributed by atoms with Crippen LogP contribution in [0.3, 0.4) is 0 Å². The Kier molecular flexibility index (Phi) is 6.99. The van der Waals surface area contributed by atoms with Gasteiger partial charge in [0.05, 0.1) is 12.9 Å². The molecular formula is C10H13N5O12P3S-3. The van der Waals surface area contributed by atoms with Crippen molar-refractivity contribution >= 4 is 51.2 Å². The van der Waals surface area contributed by atoms with Crippen molar-refractivity contribution in [3.8, 4) is 0 Å². The van der Waals surface area contributed by atoms with Crippen molar-refractivity contribution in [2.75, 3.05) is 12.3 Å². The fourth-order valence-electron chi connectivity index (χ4n) is 2.61. The number of phosphoric acid groups is 2. The number of hydrogen-bond acceptors (Lipinski definition) is 16. The van der Waals surface area contributed by atoms with Crippen LogP contribution in [0.25, 0.3) is 11.2 Å². The summed E-state index contributed by atoms with van der Waals surface area (Å²) in [6, 6.07) is 0. The molecule has 21 heteroatoms. The molecule has 0 radical (unpaired) electrons. The van der Waals surface area contributed by atoms with Crippen LogP contribution >= 0.6 is 22.4 Å². The molecule has 5 N–H and O–H groups in total. The Labute approximate surface area is 177 Å². The number of aliphatic hydroxyl groups excluding tert-OH is 2. The second kappa shape index (κ2) is 8.78. The monoisotopic (exact) mass is 520 g/mol. The van der Waals surface area contributed by atoms with E-state index in [1.54, 1.807) is 0 Å². The van der Waals surface area contributed by atoms with Crippen molar-refractivity contribution in [1.82, 2.24) is 19.5 Å². The highest BCUT2D eigenvalue weighted by molar-refractivity contribution is 8.07. The van der Waals surface area contributed by atoms with Gasteiger partial charge in [-0.15, -0.1) is 0 Å². The first-order chi connectivity index (χ1) is 14.2. The number of hydrogen-bond donors (Lipinski definition) is 4. The fourth-order valence-corrected chi connectivity index (χ4v) is 6.42. The van der Waals surface area contributed by atoms with Crippen molar-refractivity contribution in [2.45, 2.75) is 24.5 Å². The van der Waals surface area contributed by atoms with Gasteiger partial charge in [-0.05, 0) is 0 Å². The van der Waals surface area contributed by atoms with E-state index in [9.17, 15) is 34.0 Å². The maximum Gasteiger partial charge on any atom is 0.279 e. The molecule has 0 spiro atoms. The molecule has 0 bridgehead atoms. The summed E-state index contributed by atoms with van der Waals surface area (Å²) in [4.78, 5) is 53.9. The first-order valence-electron chi connectivity index (χ1n) is 7.87. The molecule has 1 saturated heterocycles. The number of rotatable bonds is 8. The van der Waals surface area contributed by atoms with Crippen LogP contribution in [0, 0.1) is 0 Å². The van der Waals surface area contributed by atoms with Gasteiger partial charge in [0.15, 0.2) is 17.7 Å². The first kappa shape index (κ1) is 24.7. The van der Waals surface area contributed by atoms with E-state index in [1.165, 1.54) is 10.9 Å². The Hall–Kier alpha value is -0.940. The lowest BCUT2D eigenvalue weighted by Crippen LogP contribution is -2.34. The standard InChI is InChI=1S/C10H16N5O12P3S/c11-8-5-9(13-2-12-8)15(3-14-5)10-7(17)6(16)4(25-10)1-24-30(23,31)27-29(21,22)26-28(18,19)20/h2-4,6-7,10,16-17H,1H2,(H,21,22)(H,23,31)(H2,11,12,13)(H2,18,19,20)/p-3/t4-,6-,7-,10-,30?/m1/s1. The molecule has 3 rings (SSSR count). The van der Waals surface area contributed by atoms with E-state index in [1.807, 2.05) is 0 Å². The number of nitrogen functional groups attached to an aromatic ring is 1. The quantitative estimate of drug-likeness (QED) is 0.247. The summed E-state index contributed by atoms with van der Waals surface area (Å²) < 4.78 is 40.2. The second-order valence-corrected chi connectivity index (χ2v) is 11.6. The molecule has 31 heavy (non-hydrogen) atoms. The fraction of sp³-hybridized carbons (Fsp3) is 0.500. The van der Waals surface area contributed by atoms with E-state index in [2.05, 4.69) is 39.9 Å². The predicted octanol–water partition coefficient (Wildman–Crippen LogP) is -3.41. The average Bonchev–Trinajstić information content (AvgIpc) is 3.13. The van der Waals surface area contributed by atoms with Gasteiger partial charge < -0.3 is 44.8 Å². The third-order valence-corrected chi connectivity index (χ3v) is 8.41. The maximum absolute atomic E-state index is 12.0. The van der Waals surface area contributed by atoms with Gasteiger partial charge in [0.2, 0.25) is 0 Å². The summed E-state index contributed by atoms with van der Waals surface area (Å²) in [7, 11) is -11.7. The lowest BCUT2D eigenvalue weighted by Gasteiger charge is -2.35. The third kappa shape index (κ3) is 5.90. The molecule has 2 aromatic heterocycles. The third-order valence-electron chi connectivity index (χ3n) is 3.80. The van der Waals surface area contributed by atoms with Crippen LogP contribution in [0.1, 0.15) is 6.23 Å². The maximum atomic E-state index is 12.0. The van der Waals surface area contributed by atoms with Crippen molar-refractivity contribution < 1.29 is 56.8 Å². The van der Waals surface area contributed by atoms with Crippen molar-refractivity contribution in [3.63, 3.8) is 0 Å². The highest BCUT2D eigenvalue weighted by atomic mass is 32.5. The molecule has 2 aromatic rings. The molecular weight excluding hydrogens is 507 g/mol. The van der Waals surface area contributed by atoms with Crippen LogP contribution in [-0.2, 0) is 38.8 Å². The summed E-state index contributed by atoms with van der Waals surface area (Å²) in [6.45, 7) is -5.80. The van der Waals surface area contributed by atoms with Crippen molar-refractivity contribution in [2.24, 2.45) is 0 Å². The summed E-state index contributed by atoms with van der Waals surface area (Å²) in [5.74, 6) is 0.0515. The number of nitrogens with zero attached hydrogens (tertiary/aromatic N) is 4. The largest absolute Gasteiger partial charge is 0.779 e. The summed E-state index contributed by atoms with van der Waals surface area (Å²) in [6.07, 6.45) is -3.51. The van der Waals surface area contributed by atoms with Gasteiger partial charge >= 0.3 is 0 Å². The van der Waals surface area contributed by atoms with Gasteiger partial charge in [-0.25, -0.2) is 19.3 Å². The van der Waals surface area contributed by atoms with Crippen LogP contribution in [0.5, 0.6) is 0 Å². The number of nitrogens with two attached hydrogens (primary N) is 1. The summed E-state index contributed by atoms with van der Waals surface area (Å²) in [5.41, 5.74) is 6.04. The van der Waals surface area contributed by atoms with Gasteiger partial charge in [-0.1, -0.05) is 11.8 Å². The molecule has 1 aliphatic rings. The van der Waals surface area contributed by atoms with Crippen LogP contribution < -0.4 is 20.4 Å². The highest BCUT2D eigenvalue weighted by Gasteiger charge is 2.44. The molecule has 3 unspecified atom stereocenters. The minimum atomic E-state index is -5.87. The lowest BCUT2D eigenvalue weighted by atomic mass is 10.1. The minimum Gasteiger partial charge on any atom is -0.779 e. The van der Waals surface area contributed by atoms with E-state index in [-0.39, 0.29) is 17.0 Å². The second-order valence-electron chi connectivity index (χ2n) is 5.95. The average molecular weight is 520 g/mol. The zero-order valence-electron chi connectivity index (χ0n) is 14.8. The molecule has 3 heterocycles. The molecule has 17 nitrogen and oxygen atoms in total. The topological polar surface area (TPSA) is 271 Å². The van der Waals surface area contributed by atoms with Gasteiger partial charge in [-0.3, -0.25) is 18.0 Å². The van der Waals surface area contributed by atoms with Crippen LogP contribution in [0.15, 0.2) is 12.7 Å². The summed E-state index contributed by atoms with van der Waals surface area (Å²) >= 11 is 4.31. The van der Waals surface area contributed by atoms with Gasteiger partial charge in [-0.2, -0.15) is 0 Å². The predicted molar refractivity (Wildman–Crippen MR) is 95.5 cm³/mol. The number of aromatic nitrogens is 4. The number of anilines is 1. The van der Waals surface area contributed by atoms with E-state index < -0.39 is 53.5 Å². The molecule has 0 amide bonds. The van der Waals surface area contributed by atoms with E-state index in [4.69, 9.17) is 15.4 Å². The molecule has 7 atom stereocenters. The lowest BCUT2D eigenvalue weighted by molar-refractivity contribution is -0.244. The molecule has 0 aromatic carbocycles. The van der Waals surface area contributed by atoms with E-state index in [0.29, 0.717) is 0 Å². The van der Waals surface area contributed by atoms with Crippen molar-refractivity contribution in [3.05, 3.63) is 12.7 Å². The Balaban J connectivity index is 1.69. The molecule has 1 fully saturated rings. The van der Waals surface area contributed by atoms with Crippen LogP contribution in [-0.4, -0.2) is 59.5 Å². The van der Waals surface area contributed by atoms with Crippen molar-refractivity contribution in [1.29, 1.82) is 0 Å². The minimum absolute atomic E-state index is 0.0515. The Morgan fingerprint density at radius 2 is 1.87 bits per heavy atom. The highest BCUT2D eigenvalue weighted by Crippen LogP contribution is 2.61. The van der Waals surface area contributed by atoms with Crippen LogP contribution in [0.2, 0.25) is 0 Å². The van der Waals surface area contributed by atoms with Gasteiger partial charge in [0.1, 0.15) is 36.9 Å². The normalized spacial score (nSPS) is 30.0. The Morgan fingerprint density at radius 3 is 2.52 bits per heavy atom. The van der Waals surface area contributed by atoms with Crippen LogP contribution in [0.4, 0.5) is 5.82 Å².